The summed E-state index contributed by atoms with van der Waals surface area (Å²) in [5, 5.41) is 0. The summed E-state index contributed by atoms with van der Waals surface area (Å²) in [5.74, 6) is 0. The normalized spacial score (nSPS) is 17.5. The van der Waals surface area contributed by atoms with Crippen molar-refractivity contribution in [3.63, 3.8) is 0 Å². The van der Waals surface area contributed by atoms with E-state index < -0.39 is 19.4 Å². The van der Waals surface area contributed by atoms with Gasteiger partial charge >= 0.3 is 146 Å². The molecule has 2 aromatic rings. The minimum atomic E-state index is -2.21. The first kappa shape index (κ1) is 28.4. The second kappa shape index (κ2) is 13.8. The third-order valence-electron chi connectivity index (χ3n) is 6.35. The van der Waals surface area contributed by atoms with Crippen molar-refractivity contribution >= 4 is 38.3 Å². The topological polar surface area (TPSA) is 0 Å². The van der Waals surface area contributed by atoms with E-state index in [4.69, 9.17) is 0 Å². The Labute approximate surface area is 208 Å². The van der Waals surface area contributed by atoms with Crippen molar-refractivity contribution in [2.45, 2.75) is 54.2 Å². The SMILES string of the molecule is CCCCCC.Cl.Cl.[CH3][Zr]([SiH3])([C]1=CC=CC1)[CH]1C=Cc2c(-c3ccccc3)cccc21. The van der Waals surface area contributed by atoms with Crippen LogP contribution in [0.25, 0.3) is 17.2 Å². The van der Waals surface area contributed by atoms with E-state index in [2.05, 4.69) is 97.4 Å². The van der Waals surface area contributed by atoms with E-state index in [1.54, 1.807) is 8.84 Å². The Bertz CT molecular complexity index is 897. The molecule has 2 unspecified atom stereocenters. The van der Waals surface area contributed by atoms with Crippen molar-refractivity contribution in [2.24, 2.45) is 0 Å². The summed E-state index contributed by atoms with van der Waals surface area (Å²) in [7, 11) is 1.37. The molecule has 0 nitrogen and oxygen atoms in total. The monoisotopic (exact) mass is 550 g/mol. The minimum absolute atomic E-state index is 0. The molecule has 0 heterocycles. The van der Waals surface area contributed by atoms with Gasteiger partial charge in [-0.25, -0.2) is 0 Å². The Morgan fingerprint density at radius 3 is 2.19 bits per heavy atom. The fourth-order valence-corrected chi connectivity index (χ4v) is 17.4. The van der Waals surface area contributed by atoms with E-state index in [0.717, 1.165) is 3.63 Å². The molecule has 0 aromatic heterocycles. The van der Waals surface area contributed by atoms with Gasteiger partial charge in [-0.05, 0) is 0 Å². The quantitative estimate of drug-likeness (QED) is 0.250. The van der Waals surface area contributed by atoms with E-state index in [-0.39, 0.29) is 24.8 Å². The van der Waals surface area contributed by atoms with Gasteiger partial charge in [0.25, 0.3) is 0 Å². The number of rotatable bonds is 6. The molecule has 2 aromatic carbocycles. The molecule has 0 spiro atoms. The number of benzene rings is 2. The summed E-state index contributed by atoms with van der Waals surface area (Å²) in [6, 6.07) is 17.7. The van der Waals surface area contributed by atoms with Crippen molar-refractivity contribution in [2.75, 3.05) is 0 Å². The number of fused-ring (bicyclic) bond motifs is 1. The molecule has 168 valence electrons. The van der Waals surface area contributed by atoms with Crippen molar-refractivity contribution in [3.8, 4) is 11.1 Å². The molecule has 31 heavy (non-hydrogen) atoms. The van der Waals surface area contributed by atoms with Gasteiger partial charge in [-0.15, -0.1) is 24.8 Å². The molecule has 4 heteroatoms. The molecule has 0 bridgehead atoms. The molecule has 0 N–H and O–H groups in total. The zero-order chi connectivity index (χ0) is 20.7. The average molecular weight is 553 g/mol. The van der Waals surface area contributed by atoms with Gasteiger partial charge in [0.05, 0.1) is 0 Å². The average Bonchev–Trinajstić information content (AvgIpc) is 3.43. The number of unbranched alkanes of at least 4 members (excludes halogenated alkanes) is 3. The summed E-state index contributed by atoms with van der Waals surface area (Å²) in [5.41, 5.74) is 5.78. The summed E-state index contributed by atoms with van der Waals surface area (Å²) in [6.07, 6.45) is 18.7. The van der Waals surface area contributed by atoms with E-state index in [9.17, 15) is 0 Å². The van der Waals surface area contributed by atoms with Crippen LogP contribution in [0.5, 0.6) is 0 Å². The Kier molecular flexibility index (Phi) is 12.6. The molecule has 4 rings (SSSR count). The molecule has 2 atom stereocenters. The molecule has 2 aliphatic carbocycles. The van der Waals surface area contributed by atoms with Crippen LogP contribution in [-0.2, 0) is 19.4 Å². The molecule has 0 aliphatic heterocycles. The standard InChI is InChI=1S/C15H11.C6H14.C5H5.CH3.2ClH.H3Si.Zr/c1-2-6-12(7-3-1)14-10-4-8-13-9-5-11-15(13)14;1-3-5-6-4-2;1-2-4-5-3-1;;;;;/h1-11H;3-6H2,1-2H3;1-3H,4H2;1H3;2*1H;1H3;. The fraction of sp³-hybridized carbons (Fsp3) is 0.333. The van der Waals surface area contributed by atoms with Crippen LogP contribution in [0.3, 0.4) is 0 Å². The van der Waals surface area contributed by atoms with Crippen LogP contribution in [0.1, 0.15) is 60.7 Å². The molecule has 2 aliphatic rings. The van der Waals surface area contributed by atoms with Crippen LogP contribution >= 0.6 is 24.8 Å². The van der Waals surface area contributed by atoms with Crippen molar-refractivity contribution in [1.29, 1.82) is 0 Å². The predicted molar refractivity (Wildman–Crippen MR) is 146 cm³/mol. The van der Waals surface area contributed by atoms with Crippen LogP contribution in [-0.4, -0.2) is 7.37 Å². The maximum atomic E-state index is 2.65. The first-order valence-electron chi connectivity index (χ1n) is 11.3. The molecular formula is C27H38Cl2SiZr. The van der Waals surface area contributed by atoms with Crippen LogP contribution in [0.4, 0.5) is 0 Å². The van der Waals surface area contributed by atoms with Gasteiger partial charge in [0.15, 0.2) is 0 Å². The molecule has 0 saturated carbocycles. The van der Waals surface area contributed by atoms with Gasteiger partial charge in [0, 0.05) is 0 Å². The van der Waals surface area contributed by atoms with E-state index in [1.165, 1.54) is 56.2 Å². The van der Waals surface area contributed by atoms with Gasteiger partial charge in [-0.2, -0.15) is 0 Å². The van der Waals surface area contributed by atoms with Gasteiger partial charge < -0.3 is 0 Å². The Morgan fingerprint density at radius 1 is 0.935 bits per heavy atom. The summed E-state index contributed by atoms with van der Waals surface area (Å²) in [6.45, 7) is 4.46. The predicted octanol–water partition coefficient (Wildman–Crippen LogP) is 8.18. The number of hydrogen-bond acceptors (Lipinski definition) is 0. The third-order valence-corrected chi connectivity index (χ3v) is 23.9. The third kappa shape index (κ3) is 6.91. The van der Waals surface area contributed by atoms with Gasteiger partial charge in [-0.3, -0.25) is 0 Å². The molecular weight excluding hydrogens is 515 g/mol. The molecule has 0 saturated heterocycles. The molecule has 0 radical (unpaired) electrons. The Balaban J connectivity index is 0.000000535. The van der Waals surface area contributed by atoms with Gasteiger partial charge in [0.2, 0.25) is 0 Å². The van der Waals surface area contributed by atoms with Crippen LogP contribution in [0.15, 0.2) is 76.1 Å². The summed E-state index contributed by atoms with van der Waals surface area (Å²) < 4.78 is 5.18. The fourth-order valence-electron chi connectivity index (χ4n) is 4.46. The first-order valence-corrected chi connectivity index (χ1v) is 24.8. The van der Waals surface area contributed by atoms with Crippen LogP contribution < -0.4 is 0 Å². The second-order valence-electron chi connectivity index (χ2n) is 8.76. The number of hydrogen-bond donors (Lipinski definition) is 0. The number of halogens is 2. The van der Waals surface area contributed by atoms with Crippen LogP contribution in [0, 0.1) is 0 Å². The first-order chi connectivity index (χ1) is 14.1. The zero-order valence-corrected chi connectivity index (χ0v) is 25.5. The van der Waals surface area contributed by atoms with Crippen molar-refractivity contribution in [1.82, 2.24) is 0 Å². The summed E-state index contributed by atoms with van der Waals surface area (Å²) in [4.78, 5) is 0. The Hall–Kier alpha value is -0.660. The molecule has 0 fully saturated rings. The van der Waals surface area contributed by atoms with Gasteiger partial charge in [0.1, 0.15) is 0 Å². The van der Waals surface area contributed by atoms with Crippen LogP contribution in [0.2, 0.25) is 4.63 Å². The van der Waals surface area contributed by atoms with E-state index in [1.807, 2.05) is 0 Å². The van der Waals surface area contributed by atoms with Crippen molar-refractivity contribution in [3.05, 3.63) is 87.2 Å². The zero-order valence-electron chi connectivity index (χ0n) is 19.4. The Morgan fingerprint density at radius 2 is 1.61 bits per heavy atom. The van der Waals surface area contributed by atoms with E-state index in [0.29, 0.717) is 0 Å². The van der Waals surface area contributed by atoms with Gasteiger partial charge in [-0.1, -0.05) is 39.5 Å². The second-order valence-corrected chi connectivity index (χ2v) is 32.6. The number of allylic oxidation sites excluding steroid dienone is 5. The maximum absolute atomic E-state index is 2.65. The molecule has 0 amide bonds. The van der Waals surface area contributed by atoms with Crippen molar-refractivity contribution < 1.29 is 19.4 Å². The summed E-state index contributed by atoms with van der Waals surface area (Å²) >= 11 is -2.21. The van der Waals surface area contributed by atoms with E-state index >= 15 is 0 Å².